The van der Waals surface area contributed by atoms with Crippen LogP contribution in [0.2, 0.25) is 0 Å². The molecule has 0 fully saturated rings. The van der Waals surface area contributed by atoms with E-state index in [0.29, 0.717) is 23.5 Å². The van der Waals surface area contributed by atoms with Gasteiger partial charge in [-0.25, -0.2) is 0 Å². The average Bonchev–Trinajstić information content (AvgIpc) is 3.13. The van der Waals surface area contributed by atoms with Crippen molar-refractivity contribution in [3.05, 3.63) is 71.4 Å². The minimum atomic E-state index is -0.704. The molecule has 3 aromatic rings. The fourth-order valence-corrected chi connectivity index (χ4v) is 3.33. The third-order valence-corrected chi connectivity index (χ3v) is 4.90. The summed E-state index contributed by atoms with van der Waals surface area (Å²) in [6, 6.07) is 18.2. The highest BCUT2D eigenvalue weighted by molar-refractivity contribution is 7.10. The number of amides is 1. The van der Waals surface area contributed by atoms with Gasteiger partial charge in [0.15, 0.2) is 0 Å². The quantitative estimate of drug-likeness (QED) is 0.500. The monoisotopic (exact) mass is 407 g/mol. The van der Waals surface area contributed by atoms with Gasteiger partial charge < -0.3 is 21.1 Å². The number of nitrogens with one attached hydrogen (secondary N) is 2. The molecule has 0 bridgehead atoms. The van der Waals surface area contributed by atoms with Gasteiger partial charge in [0.05, 0.1) is 30.2 Å². The molecule has 3 rings (SSSR count). The maximum atomic E-state index is 11.9. The zero-order chi connectivity index (χ0) is 20.6. The molecule has 0 aliphatic carbocycles. The second-order valence-electron chi connectivity index (χ2n) is 6.43. The molecule has 8 heteroatoms. The van der Waals surface area contributed by atoms with Gasteiger partial charge in [0.1, 0.15) is 17.1 Å². The molecule has 0 aliphatic rings. The van der Waals surface area contributed by atoms with Gasteiger partial charge in [0.25, 0.3) is 0 Å². The zero-order valence-electron chi connectivity index (χ0n) is 15.9. The SMILES string of the molecule is Cc1cc(Nc2cc(NC(COCc3ccccc3)C(N)=O)ccc2C#N)sn1. The number of rotatable bonds is 9. The molecule has 1 atom stereocenters. The molecule has 2 aromatic carbocycles. The first-order valence-electron chi connectivity index (χ1n) is 8.97. The molecule has 0 radical (unpaired) electrons. The number of carbonyl (C=O) groups is 1. The second-order valence-corrected chi connectivity index (χ2v) is 7.23. The molecule has 1 heterocycles. The van der Waals surface area contributed by atoms with E-state index in [1.807, 2.05) is 43.3 Å². The standard InChI is InChI=1S/C21H21N5O2S/c1-14-9-20(29-26-14)25-18-10-17(8-7-16(18)11-22)24-19(21(23)27)13-28-12-15-5-3-2-4-6-15/h2-10,19,24-25H,12-13H2,1H3,(H2,23,27). The molecule has 29 heavy (non-hydrogen) atoms. The Labute approximate surface area is 173 Å². The van der Waals surface area contributed by atoms with Crippen LogP contribution in [0.4, 0.5) is 16.4 Å². The predicted octanol–water partition coefficient (Wildman–Crippen LogP) is 3.55. The molecule has 1 unspecified atom stereocenters. The summed E-state index contributed by atoms with van der Waals surface area (Å²) in [5.41, 5.74) is 9.20. The Morgan fingerprint density at radius 1 is 1.28 bits per heavy atom. The highest BCUT2D eigenvalue weighted by Gasteiger charge is 2.16. The average molecular weight is 407 g/mol. The number of ether oxygens (including phenoxy) is 1. The van der Waals surface area contributed by atoms with Crippen molar-refractivity contribution in [2.24, 2.45) is 5.73 Å². The summed E-state index contributed by atoms with van der Waals surface area (Å²) in [4.78, 5) is 11.9. The van der Waals surface area contributed by atoms with E-state index in [9.17, 15) is 10.1 Å². The predicted molar refractivity (Wildman–Crippen MR) is 114 cm³/mol. The van der Waals surface area contributed by atoms with E-state index < -0.39 is 11.9 Å². The molecular weight excluding hydrogens is 386 g/mol. The molecule has 0 saturated carbocycles. The van der Waals surface area contributed by atoms with E-state index >= 15 is 0 Å². The number of carbonyl (C=O) groups excluding carboxylic acids is 1. The van der Waals surface area contributed by atoms with Gasteiger partial charge in [-0.15, -0.1) is 0 Å². The Bertz CT molecular complexity index is 1010. The number of aromatic nitrogens is 1. The van der Waals surface area contributed by atoms with E-state index in [1.165, 1.54) is 11.5 Å². The molecular formula is C21H21N5O2S. The van der Waals surface area contributed by atoms with Crippen molar-refractivity contribution < 1.29 is 9.53 Å². The van der Waals surface area contributed by atoms with Gasteiger partial charge in [0.2, 0.25) is 5.91 Å². The van der Waals surface area contributed by atoms with Gasteiger partial charge >= 0.3 is 0 Å². The third-order valence-electron chi connectivity index (χ3n) is 4.11. The van der Waals surface area contributed by atoms with Gasteiger partial charge in [-0.1, -0.05) is 30.3 Å². The van der Waals surface area contributed by atoms with Gasteiger partial charge in [0, 0.05) is 5.69 Å². The molecule has 148 valence electrons. The number of nitriles is 1. The minimum absolute atomic E-state index is 0.126. The van der Waals surface area contributed by atoms with Crippen LogP contribution in [0.15, 0.2) is 54.6 Å². The number of hydrogen-bond acceptors (Lipinski definition) is 7. The molecule has 0 spiro atoms. The van der Waals surface area contributed by atoms with Crippen LogP contribution in [0.5, 0.6) is 0 Å². The van der Waals surface area contributed by atoms with E-state index in [4.69, 9.17) is 10.5 Å². The fraction of sp³-hybridized carbons (Fsp3) is 0.190. The second kappa shape index (κ2) is 9.68. The third kappa shape index (κ3) is 5.78. The number of benzene rings is 2. The lowest BCUT2D eigenvalue weighted by molar-refractivity contribution is -0.120. The van der Waals surface area contributed by atoms with Crippen LogP contribution in [0, 0.1) is 18.3 Å². The number of aryl methyl sites for hydroxylation is 1. The van der Waals surface area contributed by atoms with Crippen LogP contribution in [-0.4, -0.2) is 22.9 Å². The van der Waals surface area contributed by atoms with Crippen LogP contribution < -0.4 is 16.4 Å². The van der Waals surface area contributed by atoms with E-state index in [0.717, 1.165) is 16.3 Å². The summed E-state index contributed by atoms with van der Waals surface area (Å²) in [6.07, 6.45) is 0. The Morgan fingerprint density at radius 3 is 2.72 bits per heavy atom. The topological polar surface area (TPSA) is 113 Å². The van der Waals surface area contributed by atoms with Gasteiger partial charge in [-0.2, -0.15) is 9.64 Å². The van der Waals surface area contributed by atoms with Crippen LogP contribution in [0.25, 0.3) is 0 Å². The zero-order valence-corrected chi connectivity index (χ0v) is 16.7. The number of hydrogen-bond donors (Lipinski definition) is 3. The van der Waals surface area contributed by atoms with Gasteiger partial charge in [-0.05, 0) is 48.3 Å². The Hall–Kier alpha value is -3.41. The lowest BCUT2D eigenvalue weighted by Crippen LogP contribution is -2.39. The summed E-state index contributed by atoms with van der Waals surface area (Å²) in [7, 11) is 0. The summed E-state index contributed by atoms with van der Waals surface area (Å²) in [5, 5.41) is 16.5. The van der Waals surface area contributed by atoms with E-state index in [2.05, 4.69) is 21.1 Å². The van der Waals surface area contributed by atoms with Crippen molar-refractivity contribution in [1.29, 1.82) is 5.26 Å². The summed E-state index contributed by atoms with van der Waals surface area (Å²) >= 11 is 1.31. The largest absolute Gasteiger partial charge is 0.374 e. The number of primary amides is 1. The smallest absolute Gasteiger partial charge is 0.242 e. The Kier molecular flexibility index (Phi) is 6.79. The first-order chi connectivity index (χ1) is 14.0. The van der Waals surface area contributed by atoms with Crippen molar-refractivity contribution in [2.75, 3.05) is 17.2 Å². The first kappa shape index (κ1) is 20.3. The van der Waals surface area contributed by atoms with Crippen molar-refractivity contribution in [3.63, 3.8) is 0 Å². The number of nitrogens with zero attached hydrogens (tertiary/aromatic N) is 2. The lowest BCUT2D eigenvalue weighted by Gasteiger charge is -2.18. The van der Waals surface area contributed by atoms with Crippen LogP contribution >= 0.6 is 11.5 Å². The van der Waals surface area contributed by atoms with Crippen molar-refractivity contribution in [1.82, 2.24) is 4.37 Å². The first-order valence-corrected chi connectivity index (χ1v) is 9.74. The molecule has 7 nitrogen and oxygen atoms in total. The van der Waals surface area contributed by atoms with Crippen LogP contribution in [0.3, 0.4) is 0 Å². The van der Waals surface area contributed by atoms with Crippen molar-refractivity contribution >= 4 is 33.8 Å². The highest BCUT2D eigenvalue weighted by atomic mass is 32.1. The van der Waals surface area contributed by atoms with Crippen LogP contribution in [0.1, 0.15) is 16.8 Å². The molecule has 1 aromatic heterocycles. The lowest BCUT2D eigenvalue weighted by atomic mass is 10.1. The highest BCUT2D eigenvalue weighted by Crippen LogP contribution is 2.27. The van der Waals surface area contributed by atoms with E-state index in [-0.39, 0.29) is 6.61 Å². The molecule has 1 amide bonds. The number of nitrogens with two attached hydrogens (primary N) is 1. The minimum Gasteiger partial charge on any atom is -0.374 e. The Morgan fingerprint density at radius 2 is 2.07 bits per heavy atom. The summed E-state index contributed by atoms with van der Waals surface area (Å²) in [5.74, 6) is -0.519. The normalized spacial score (nSPS) is 11.4. The molecule has 0 saturated heterocycles. The van der Waals surface area contributed by atoms with Gasteiger partial charge in [-0.3, -0.25) is 4.79 Å². The maximum Gasteiger partial charge on any atom is 0.242 e. The Balaban J connectivity index is 1.68. The maximum absolute atomic E-state index is 11.9. The summed E-state index contributed by atoms with van der Waals surface area (Å²) < 4.78 is 9.87. The van der Waals surface area contributed by atoms with Crippen LogP contribution in [-0.2, 0) is 16.1 Å². The molecule has 4 N–H and O–H groups in total. The van der Waals surface area contributed by atoms with Crippen molar-refractivity contribution in [2.45, 2.75) is 19.6 Å². The fourth-order valence-electron chi connectivity index (χ4n) is 2.66. The van der Waals surface area contributed by atoms with E-state index in [1.54, 1.807) is 18.2 Å². The summed E-state index contributed by atoms with van der Waals surface area (Å²) in [6.45, 7) is 2.41. The van der Waals surface area contributed by atoms with Crippen molar-refractivity contribution in [3.8, 4) is 6.07 Å². The molecule has 0 aliphatic heterocycles. The number of anilines is 3.